The van der Waals surface area contributed by atoms with E-state index in [2.05, 4.69) is 49.8 Å². The Bertz CT molecular complexity index is 603. The van der Waals surface area contributed by atoms with E-state index in [1.54, 1.807) is 12.4 Å². The molecule has 2 aromatic rings. The highest BCUT2D eigenvalue weighted by Gasteiger charge is 2.20. The number of alkyl halides is 1. The van der Waals surface area contributed by atoms with Crippen molar-refractivity contribution >= 4 is 11.6 Å². The highest BCUT2D eigenvalue weighted by molar-refractivity contribution is 6.16. The maximum atomic E-state index is 5.92. The van der Waals surface area contributed by atoms with Gasteiger partial charge in [0.1, 0.15) is 5.75 Å². The molecule has 3 nitrogen and oxygen atoms in total. The first-order valence-electron chi connectivity index (χ1n) is 7.12. The predicted molar refractivity (Wildman–Crippen MR) is 86.2 cm³/mol. The first kappa shape index (κ1) is 15.8. The van der Waals surface area contributed by atoms with E-state index in [4.69, 9.17) is 16.3 Å². The summed E-state index contributed by atoms with van der Waals surface area (Å²) in [5.41, 5.74) is 3.21. The van der Waals surface area contributed by atoms with Crippen LogP contribution in [0.5, 0.6) is 11.6 Å². The smallest absolute Gasteiger partial charge is 0.237 e. The molecular formula is C17H21ClN2O. The molecule has 1 aromatic heterocycles. The second kappa shape index (κ2) is 6.44. The summed E-state index contributed by atoms with van der Waals surface area (Å²) in [6.45, 7) is 8.68. The summed E-state index contributed by atoms with van der Waals surface area (Å²) in [6, 6.07) is 6.30. The Labute approximate surface area is 131 Å². The highest BCUT2D eigenvalue weighted by atomic mass is 35.5. The van der Waals surface area contributed by atoms with Crippen molar-refractivity contribution in [1.82, 2.24) is 9.97 Å². The van der Waals surface area contributed by atoms with Gasteiger partial charge in [-0.25, -0.2) is 4.98 Å². The Morgan fingerprint density at radius 3 is 2.43 bits per heavy atom. The Hall–Kier alpha value is -1.61. The van der Waals surface area contributed by atoms with Crippen molar-refractivity contribution in [2.45, 2.75) is 45.4 Å². The van der Waals surface area contributed by atoms with E-state index >= 15 is 0 Å². The Morgan fingerprint density at radius 2 is 1.90 bits per heavy atom. The molecule has 0 spiro atoms. The van der Waals surface area contributed by atoms with Crippen LogP contribution in [0.25, 0.3) is 0 Å². The maximum Gasteiger partial charge on any atom is 0.237 e. The lowest BCUT2D eigenvalue weighted by molar-refractivity contribution is 0.437. The van der Waals surface area contributed by atoms with E-state index in [1.807, 2.05) is 6.07 Å². The molecule has 0 saturated heterocycles. The molecule has 1 heterocycles. The summed E-state index contributed by atoms with van der Waals surface area (Å²) in [7, 11) is 0. The molecule has 0 amide bonds. The zero-order chi connectivity index (χ0) is 15.5. The van der Waals surface area contributed by atoms with Crippen molar-refractivity contribution in [2.24, 2.45) is 0 Å². The van der Waals surface area contributed by atoms with E-state index in [9.17, 15) is 0 Å². The Kier molecular flexibility index (Phi) is 4.84. The average molecular weight is 305 g/mol. The van der Waals surface area contributed by atoms with Gasteiger partial charge in [-0.1, -0.05) is 39.8 Å². The van der Waals surface area contributed by atoms with Crippen LogP contribution in [-0.2, 0) is 17.7 Å². The molecule has 0 unspecified atom stereocenters. The third-order valence-electron chi connectivity index (χ3n) is 3.29. The molecule has 4 heteroatoms. The lowest BCUT2D eigenvalue weighted by Gasteiger charge is -2.23. The van der Waals surface area contributed by atoms with Gasteiger partial charge in [-0.15, -0.1) is 11.6 Å². The first-order chi connectivity index (χ1) is 9.94. The summed E-state index contributed by atoms with van der Waals surface area (Å²) in [6.07, 6.45) is 4.25. The molecule has 2 rings (SSSR count). The highest BCUT2D eigenvalue weighted by Crippen LogP contribution is 2.34. The molecular weight excluding hydrogens is 284 g/mol. The van der Waals surface area contributed by atoms with Gasteiger partial charge in [0.05, 0.1) is 24.0 Å². The van der Waals surface area contributed by atoms with Gasteiger partial charge in [-0.2, -0.15) is 0 Å². The average Bonchev–Trinajstić information content (AvgIpc) is 2.47. The third kappa shape index (κ3) is 3.94. The summed E-state index contributed by atoms with van der Waals surface area (Å²) >= 11 is 5.71. The van der Waals surface area contributed by atoms with Gasteiger partial charge in [0.2, 0.25) is 5.88 Å². The summed E-state index contributed by atoms with van der Waals surface area (Å²) in [5, 5.41) is 0. The molecule has 0 fully saturated rings. The van der Waals surface area contributed by atoms with Crippen LogP contribution < -0.4 is 4.74 Å². The van der Waals surface area contributed by atoms with E-state index in [0.717, 1.165) is 17.9 Å². The fourth-order valence-corrected chi connectivity index (χ4v) is 2.19. The molecule has 0 atom stereocenters. The van der Waals surface area contributed by atoms with Crippen molar-refractivity contribution in [3.63, 3.8) is 0 Å². The van der Waals surface area contributed by atoms with E-state index in [1.165, 1.54) is 11.1 Å². The number of aromatic nitrogens is 2. The van der Waals surface area contributed by atoms with Crippen LogP contribution in [0.1, 0.15) is 44.5 Å². The van der Waals surface area contributed by atoms with Gasteiger partial charge in [0, 0.05) is 5.56 Å². The van der Waals surface area contributed by atoms with Crippen LogP contribution in [0.3, 0.4) is 0 Å². The van der Waals surface area contributed by atoms with Gasteiger partial charge in [-0.05, 0) is 23.5 Å². The van der Waals surface area contributed by atoms with Crippen molar-refractivity contribution in [1.29, 1.82) is 0 Å². The standard InChI is InChI=1S/C17H21ClN2O/c1-5-12-6-7-15(14(8-12)17(2,3)4)21-16-11-19-13(9-18)10-20-16/h6-8,10-11H,5,9H2,1-4H3. The summed E-state index contributed by atoms with van der Waals surface area (Å²) < 4.78 is 5.92. The lowest BCUT2D eigenvalue weighted by atomic mass is 9.85. The minimum Gasteiger partial charge on any atom is -0.437 e. The molecule has 0 saturated carbocycles. The Morgan fingerprint density at radius 1 is 1.14 bits per heavy atom. The second-order valence-electron chi connectivity index (χ2n) is 6.02. The van der Waals surface area contributed by atoms with Gasteiger partial charge in [0.25, 0.3) is 0 Å². The monoisotopic (exact) mass is 304 g/mol. The van der Waals surface area contributed by atoms with E-state index in [-0.39, 0.29) is 5.41 Å². The minimum atomic E-state index is 0.00399. The topological polar surface area (TPSA) is 35.0 Å². The SMILES string of the molecule is CCc1ccc(Oc2cnc(CCl)cn2)c(C(C)(C)C)c1. The molecule has 0 aliphatic rings. The summed E-state index contributed by atoms with van der Waals surface area (Å²) in [4.78, 5) is 8.44. The van der Waals surface area contributed by atoms with Crippen LogP contribution in [0.2, 0.25) is 0 Å². The van der Waals surface area contributed by atoms with Gasteiger partial charge >= 0.3 is 0 Å². The number of hydrogen-bond acceptors (Lipinski definition) is 3. The molecule has 0 bridgehead atoms. The van der Waals surface area contributed by atoms with Crippen LogP contribution >= 0.6 is 11.6 Å². The molecule has 1 aromatic carbocycles. The third-order valence-corrected chi connectivity index (χ3v) is 3.57. The van der Waals surface area contributed by atoms with E-state index in [0.29, 0.717) is 11.8 Å². The van der Waals surface area contributed by atoms with Crippen molar-refractivity contribution in [2.75, 3.05) is 0 Å². The number of ether oxygens (including phenoxy) is 1. The molecule has 21 heavy (non-hydrogen) atoms. The number of benzene rings is 1. The molecule has 0 aliphatic heterocycles. The van der Waals surface area contributed by atoms with Crippen LogP contribution in [0, 0.1) is 0 Å². The van der Waals surface area contributed by atoms with Gasteiger partial charge in [-0.3, -0.25) is 4.98 Å². The summed E-state index contributed by atoms with van der Waals surface area (Å²) in [5.74, 6) is 1.66. The van der Waals surface area contributed by atoms with Crippen LogP contribution in [0.15, 0.2) is 30.6 Å². The predicted octanol–water partition coefficient (Wildman–Crippen LogP) is 4.87. The lowest BCUT2D eigenvalue weighted by Crippen LogP contribution is -2.13. The fourth-order valence-electron chi connectivity index (χ4n) is 2.05. The quantitative estimate of drug-likeness (QED) is 0.756. The van der Waals surface area contributed by atoms with E-state index < -0.39 is 0 Å². The van der Waals surface area contributed by atoms with Crippen molar-refractivity contribution in [3.8, 4) is 11.6 Å². The number of aryl methyl sites for hydroxylation is 1. The zero-order valence-corrected chi connectivity index (χ0v) is 13.7. The normalized spacial score (nSPS) is 11.5. The van der Waals surface area contributed by atoms with Crippen LogP contribution in [0.4, 0.5) is 0 Å². The number of hydrogen-bond donors (Lipinski definition) is 0. The minimum absolute atomic E-state index is 0.00399. The van der Waals surface area contributed by atoms with Gasteiger partial charge < -0.3 is 4.74 Å². The maximum absolute atomic E-state index is 5.92. The van der Waals surface area contributed by atoms with Gasteiger partial charge in [0.15, 0.2) is 0 Å². The van der Waals surface area contributed by atoms with Crippen molar-refractivity contribution < 1.29 is 4.74 Å². The zero-order valence-electron chi connectivity index (χ0n) is 13.0. The first-order valence-corrected chi connectivity index (χ1v) is 7.65. The largest absolute Gasteiger partial charge is 0.437 e. The molecule has 0 N–H and O–H groups in total. The Balaban J connectivity index is 2.34. The number of halogens is 1. The molecule has 112 valence electrons. The second-order valence-corrected chi connectivity index (χ2v) is 6.28. The number of rotatable bonds is 4. The number of nitrogens with zero attached hydrogens (tertiary/aromatic N) is 2. The van der Waals surface area contributed by atoms with Crippen LogP contribution in [-0.4, -0.2) is 9.97 Å². The molecule has 0 radical (unpaired) electrons. The van der Waals surface area contributed by atoms with Crippen molar-refractivity contribution in [3.05, 3.63) is 47.4 Å². The molecule has 0 aliphatic carbocycles. The fraction of sp³-hybridized carbons (Fsp3) is 0.412.